The lowest BCUT2D eigenvalue weighted by Crippen LogP contribution is -2.22. The van der Waals surface area contributed by atoms with Crippen LogP contribution in [0.4, 0.5) is 27.6 Å². The predicted molar refractivity (Wildman–Crippen MR) is 106 cm³/mol. The maximum absolute atomic E-state index is 13.1. The molecule has 0 saturated heterocycles. The van der Waals surface area contributed by atoms with E-state index < -0.39 is 42.3 Å². The molecule has 170 valence electrons. The van der Waals surface area contributed by atoms with E-state index in [0.717, 1.165) is 18.9 Å². The number of fused-ring (bicyclic) bond motifs is 1. The SMILES string of the molecule is Cc1cc(C(F)(F)F)nc2sc(C(N)=O)c(NC(=O)Cn3nc(C(F)F)cc3C3CC3)c12. The maximum atomic E-state index is 13.1. The summed E-state index contributed by atoms with van der Waals surface area (Å²) in [7, 11) is 0. The van der Waals surface area contributed by atoms with Gasteiger partial charge in [0, 0.05) is 17.0 Å². The van der Waals surface area contributed by atoms with E-state index in [1.54, 1.807) is 0 Å². The molecule has 0 aliphatic heterocycles. The normalized spacial score (nSPS) is 14.3. The first-order valence-electron chi connectivity index (χ1n) is 9.42. The summed E-state index contributed by atoms with van der Waals surface area (Å²) in [5, 5.41) is 6.44. The molecular weight excluding hydrogens is 457 g/mol. The number of aromatic nitrogens is 3. The molecule has 0 bridgehead atoms. The third-order valence-electron chi connectivity index (χ3n) is 4.98. The fourth-order valence-corrected chi connectivity index (χ4v) is 4.49. The van der Waals surface area contributed by atoms with Crippen molar-refractivity contribution >= 4 is 39.1 Å². The number of halogens is 5. The topological polar surface area (TPSA) is 103 Å². The number of amides is 2. The Bertz CT molecular complexity index is 1230. The van der Waals surface area contributed by atoms with Crippen molar-refractivity contribution in [2.24, 2.45) is 5.73 Å². The van der Waals surface area contributed by atoms with Gasteiger partial charge in [0.2, 0.25) is 5.91 Å². The van der Waals surface area contributed by atoms with Crippen LogP contribution in [0, 0.1) is 6.92 Å². The standard InChI is InChI=1S/C19H16F5N5O2S/c1-7-4-11(19(22,23)24)26-18-13(7)14(15(32-18)17(25)31)27-12(30)6-29-10(8-2-3-8)5-9(28-29)16(20)21/h4-5,8,16H,2-3,6H2,1H3,(H2,25,31)(H,27,30). The molecular formula is C19H16F5N5O2S. The molecule has 2 amide bonds. The molecule has 3 N–H and O–H groups in total. The highest BCUT2D eigenvalue weighted by atomic mass is 32.1. The number of rotatable bonds is 6. The second kappa shape index (κ2) is 7.80. The van der Waals surface area contributed by atoms with Gasteiger partial charge in [0.15, 0.2) is 0 Å². The highest BCUT2D eigenvalue weighted by Crippen LogP contribution is 2.42. The first-order valence-corrected chi connectivity index (χ1v) is 10.2. The number of anilines is 1. The summed E-state index contributed by atoms with van der Waals surface area (Å²) in [5.41, 5.74) is 4.36. The Hall–Kier alpha value is -3.09. The van der Waals surface area contributed by atoms with Crippen LogP contribution in [0.15, 0.2) is 12.1 Å². The van der Waals surface area contributed by atoms with Crippen LogP contribution in [0.1, 0.15) is 57.5 Å². The lowest BCUT2D eigenvalue weighted by atomic mass is 10.1. The zero-order chi connectivity index (χ0) is 23.4. The van der Waals surface area contributed by atoms with E-state index in [-0.39, 0.29) is 32.3 Å². The highest BCUT2D eigenvalue weighted by molar-refractivity contribution is 7.21. The molecule has 3 aromatic rings. The first-order chi connectivity index (χ1) is 15.0. The molecule has 4 rings (SSSR count). The monoisotopic (exact) mass is 473 g/mol. The van der Waals surface area contributed by atoms with Gasteiger partial charge < -0.3 is 11.1 Å². The predicted octanol–water partition coefficient (Wildman–Crippen LogP) is 4.37. The second-order valence-corrected chi connectivity index (χ2v) is 8.45. The zero-order valence-corrected chi connectivity index (χ0v) is 17.3. The largest absolute Gasteiger partial charge is 0.433 e. The van der Waals surface area contributed by atoms with Gasteiger partial charge in [-0.05, 0) is 37.5 Å². The smallest absolute Gasteiger partial charge is 0.365 e. The number of alkyl halides is 5. The van der Waals surface area contributed by atoms with Gasteiger partial charge in [0.25, 0.3) is 12.3 Å². The van der Waals surface area contributed by atoms with Crippen molar-refractivity contribution in [3.05, 3.63) is 39.7 Å². The number of nitrogens with one attached hydrogen (secondary N) is 1. The quantitative estimate of drug-likeness (QED) is 0.519. The van der Waals surface area contributed by atoms with Crippen LogP contribution in [0.5, 0.6) is 0 Å². The van der Waals surface area contributed by atoms with E-state index in [1.807, 2.05) is 0 Å². The molecule has 32 heavy (non-hydrogen) atoms. The summed E-state index contributed by atoms with van der Waals surface area (Å²) < 4.78 is 66.6. The average Bonchev–Trinajstić information content (AvgIpc) is 3.33. The summed E-state index contributed by atoms with van der Waals surface area (Å²) in [5.74, 6) is -1.61. The van der Waals surface area contributed by atoms with Gasteiger partial charge in [0.1, 0.15) is 27.6 Å². The summed E-state index contributed by atoms with van der Waals surface area (Å²) in [6.07, 6.45) is -5.90. The Labute approximate surface area is 181 Å². The molecule has 13 heteroatoms. The van der Waals surface area contributed by atoms with E-state index in [9.17, 15) is 31.5 Å². The Morgan fingerprint density at radius 1 is 1.31 bits per heavy atom. The minimum Gasteiger partial charge on any atom is -0.365 e. The van der Waals surface area contributed by atoms with E-state index in [1.165, 1.54) is 17.7 Å². The molecule has 0 atom stereocenters. The number of hydrogen-bond donors (Lipinski definition) is 2. The van der Waals surface area contributed by atoms with Crippen LogP contribution < -0.4 is 11.1 Å². The third kappa shape index (κ3) is 4.16. The number of primary amides is 1. The lowest BCUT2D eigenvalue weighted by molar-refractivity contribution is -0.141. The van der Waals surface area contributed by atoms with Crippen LogP contribution >= 0.6 is 11.3 Å². The van der Waals surface area contributed by atoms with Gasteiger partial charge in [-0.1, -0.05) is 0 Å². The van der Waals surface area contributed by atoms with Crippen LogP contribution in [0.2, 0.25) is 0 Å². The molecule has 0 radical (unpaired) electrons. The number of nitrogens with zero attached hydrogens (tertiary/aromatic N) is 3. The van der Waals surface area contributed by atoms with Gasteiger partial charge in [-0.15, -0.1) is 11.3 Å². The molecule has 0 spiro atoms. The van der Waals surface area contributed by atoms with Gasteiger partial charge in [-0.25, -0.2) is 13.8 Å². The van der Waals surface area contributed by atoms with Gasteiger partial charge in [0.05, 0.1) is 5.69 Å². The Kier molecular flexibility index (Phi) is 5.39. The van der Waals surface area contributed by atoms with Crippen molar-refractivity contribution < 1.29 is 31.5 Å². The molecule has 3 aromatic heterocycles. The first kappa shape index (κ1) is 22.1. The number of carbonyl (C=O) groups excluding carboxylic acids is 2. The molecule has 1 fully saturated rings. The summed E-state index contributed by atoms with van der Waals surface area (Å²) in [6.45, 7) is 0.973. The van der Waals surface area contributed by atoms with Crippen LogP contribution in [-0.2, 0) is 17.5 Å². The third-order valence-corrected chi connectivity index (χ3v) is 6.08. The lowest BCUT2D eigenvalue weighted by Gasteiger charge is -2.11. The summed E-state index contributed by atoms with van der Waals surface area (Å²) >= 11 is 0.629. The number of aryl methyl sites for hydroxylation is 1. The molecule has 1 saturated carbocycles. The van der Waals surface area contributed by atoms with Crippen molar-refractivity contribution in [2.75, 3.05) is 5.32 Å². The van der Waals surface area contributed by atoms with Crippen molar-refractivity contribution in [1.82, 2.24) is 14.8 Å². The van der Waals surface area contributed by atoms with Crippen molar-refractivity contribution in [1.29, 1.82) is 0 Å². The fourth-order valence-electron chi connectivity index (χ4n) is 3.43. The minimum absolute atomic E-state index is 0.0400. The van der Waals surface area contributed by atoms with Gasteiger partial charge in [-0.3, -0.25) is 14.3 Å². The summed E-state index contributed by atoms with van der Waals surface area (Å²) in [4.78, 5) is 27.9. The molecule has 7 nitrogen and oxygen atoms in total. The average molecular weight is 473 g/mol. The van der Waals surface area contributed by atoms with Crippen LogP contribution in [0.3, 0.4) is 0 Å². The van der Waals surface area contributed by atoms with Gasteiger partial charge >= 0.3 is 6.18 Å². The van der Waals surface area contributed by atoms with E-state index in [0.29, 0.717) is 17.0 Å². The molecule has 1 aliphatic rings. The maximum Gasteiger partial charge on any atom is 0.433 e. The molecule has 0 aromatic carbocycles. The van der Waals surface area contributed by atoms with E-state index >= 15 is 0 Å². The molecule has 1 aliphatic carbocycles. The highest BCUT2D eigenvalue weighted by Gasteiger charge is 2.34. The Balaban J connectivity index is 1.69. The van der Waals surface area contributed by atoms with Crippen LogP contribution in [0.25, 0.3) is 10.2 Å². The number of carbonyl (C=O) groups is 2. The Morgan fingerprint density at radius 3 is 2.56 bits per heavy atom. The molecule has 3 heterocycles. The zero-order valence-electron chi connectivity index (χ0n) is 16.5. The minimum atomic E-state index is -4.69. The number of hydrogen-bond acceptors (Lipinski definition) is 5. The molecule has 0 unspecified atom stereocenters. The second-order valence-electron chi connectivity index (χ2n) is 7.45. The fraction of sp³-hybridized carbons (Fsp3) is 0.368. The van der Waals surface area contributed by atoms with Crippen molar-refractivity contribution in [3.63, 3.8) is 0 Å². The Morgan fingerprint density at radius 2 is 2.00 bits per heavy atom. The number of pyridine rings is 1. The van der Waals surface area contributed by atoms with Crippen molar-refractivity contribution in [3.8, 4) is 0 Å². The summed E-state index contributed by atoms with van der Waals surface area (Å²) in [6, 6.07) is 2.07. The van der Waals surface area contributed by atoms with E-state index in [4.69, 9.17) is 5.73 Å². The van der Waals surface area contributed by atoms with Gasteiger partial charge in [-0.2, -0.15) is 18.3 Å². The number of nitrogens with two attached hydrogens (primary N) is 1. The van der Waals surface area contributed by atoms with Crippen LogP contribution in [-0.4, -0.2) is 26.6 Å². The number of thiophene rings is 1. The van der Waals surface area contributed by atoms with Crippen molar-refractivity contribution in [2.45, 2.75) is 44.8 Å². The van der Waals surface area contributed by atoms with E-state index in [2.05, 4.69) is 15.4 Å².